The van der Waals surface area contributed by atoms with Crippen molar-refractivity contribution in [2.24, 2.45) is 0 Å². The summed E-state index contributed by atoms with van der Waals surface area (Å²) in [5.74, 6) is -0.117. The van der Waals surface area contributed by atoms with Crippen molar-refractivity contribution >= 4 is 5.91 Å². The molecule has 1 heterocycles. The van der Waals surface area contributed by atoms with E-state index in [4.69, 9.17) is 4.74 Å². The summed E-state index contributed by atoms with van der Waals surface area (Å²) in [6.07, 6.45) is 3.84. The van der Waals surface area contributed by atoms with Gasteiger partial charge in [-0.2, -0.15) is 0 Å². The van der Waals surface area contributed by atoms with Crippen molar-refractivity contribution < 1.29 is 9.53 Å². The highest BCUT2D eigenvalue weighted by molar-refractivity contribution is 5.86. The summed E-state index contributed by atoms with van der Waals surface area (Å²) in [5.41, 5.74) is 0. The van der Waals surface area contributed by atoms with Gasteiger partial charge in [0.2, 0.25) is 5.91 Å². The van der Waals surface area contributed by atoms with E-state index in [1.54, 1.807) is 0 Å². The molecule has 1 aliphatic heterocycles. The molecule has 0 aromatic carbocycles. The molecule has 1 atom stereocenters. The number of nitrogens with one attached hydrogen (secondary N) is 1. The highest BCUT2D eigenvalue weighted by Crippen LogP contribution is 2.09. The molecule has 0 spiro atoms. The lowest BCUT2D eigenvalue weighted by Crippen LogP contribution is -2.47. The normalized spacial score (nSPS) is 22.3. The Morgan fingerprint density at radius 2 is 2.53 bits per heavy atom. The third-order valence-corrected chi connectivity index (χ3v) is 2.50. The molecule has 0 aromatic heterocycles. The molecule has 4 heteroatoms. The highest BCUT2D eigenvalue weighted by atomic mass is 16.5. The molecule has 1 rings (SSSR count). The van der Waals surface area contributed by atoms with Gasteiger partial charge in [-0.05, 0) is 12.5 Å². The van der Waals surface area contributed by atoms with Gasteiger partial charge in [-0.3, -0.25) is 9.69 Å². The summed E-state index contributed by atoms with van der Waals surface area (Å²) >= 11 is 0. The average molecular weight is 212 g/mol. The quantitative estimate of drug-likeness (QED) is 0.684. The first-order valence-corrected chi connectivity index (χ1v) is 5.50. The van der Waals surface area contributed by atoms with Gasteiger partial charge in [0.15, 0.2) is 0 Å². The summed E-state index contributed by atoms with van der Waals surface area (Å²) in [6, 6.07) is 0. The third kappa shape index (κ3) is 4.44. The van der Waals surface area contributed by atoms with Gasteiger partial charge in [0, 0.05) is 13.1 Å². The molecule has 0 saturated carbocycles. The predicted molar refractivity (Wildman–Crippen MR) is 59.4 cm³/mol. The van der Waals surface area contributed by atoms with Crippen LogP contribution in [0, 0.1) is 0 Å². The fourth-order valence-electron chi connectivity index (χ4n) is 1.68. The molecule has 0 aliphatic carbocycles. The van der Waals surface area contributed by atoms with Crippen LogP contribution in [0.2, 0.25) is 0 Å². The monoisotopic (exact) mass is 212 g/mol. The van der Waals surface area contributed by atoms with E-state index in [1.165, 1.54) is 6.08 Å². The van der Waals surface area contributed by atoms with Crippen LogP contribution in [-0.4, -0.2) is 43.3 Å². The van der Waals surface area contributed by atoms with Crippen molar-refractivity contribution in [3.63, 3.8) is 0 Å². The Bertz CT molecular complexity index is 217. The van der Waals surface area contributed by atoms with Gasteiger partial charge < -0.3 is 10.1 Å². The number of carbonyl (C=O) groups is 1. The van der Waals surface area contributed by atoms with Crippen molar-refractivity contribution in [1.29, 1.82) is 0 Å². The van der Waals surface area contributed by atoms with Crippen LogP contribution in [0.15, 0.2) is 12.7 Å². The average Bonchev–Trinajstić information content (AvgIpc) is 2.27. The molecule has 1 aliphatic rings. The van der Waals surface area contributed by atoms with Gasteiger partial charge in [0.05, 0.1) is 19.4 Å². The van der Waals surface area contributed by atoms with Crippen molar-refractivity contribution in [3.8, 4) is 0 Å². The van der Waals surface area contributed by atoms with Crippen LogP contribution in [0.25, 0.3) is 0 Å². The molecular weight excluding hydrogens is 192 g/mol. The van der Waals surface area contributed by atoms with E-state index >= 15 is 0 Å². The molecule has 4 nitrogen and oxygen atoms in total. The molecule has 1 fully saturated rings. The van der Waals surface area contributed by atoms with E-state index in [9.17, 15) is 4.79 Å². The van der Waals surface area contributed by atoms with E-state index in [-0.39, 0.29) is 5.91 Å². The summed E-state index contributed by atoms with van der Waals surface area (Å²) in [6.45, 7) is 8.71. The largest absolute Gasteiger partial charge is 0.376 e. The number of carbonyl (C=O) groups excluding carboxylic acids is 1. The van der Waals surface area contributed by atoms with Crippen LogP contribution < -0.4 is 5.32 Å². The molecule has 1 unspecified atom stereocenters. The van der Waals surface area contributed by atoms with Crippen LogP contribution in [-0.2, 0) is 9.53 Å². The molecule has 0 bridgehead atoms. The Balaban J connectivity index is 2.23. The second-order valence-electron chi connectivity index (χ2n) is 3.76. The predicted octanol–water partition coefficient (Wildman–Crippen LogP) is 0.747. The van der Waals surface area contributed by atoms with Crippen molar-refractivity contribution in [2.45, 2.75) is 25.9 Å². The minimum atomic E-state index is -0.117. The van der Waals surface area contributed by atoms with Gasteiger partial charge in [0.25, 0.3) is 0 Å². The molecule has 86 valence electrons. The van der Waals surface area contributed by atoms with Gasteiger partial charge >= 0.3 is 0 Å². The number of amides is 1. The molecule has 1 amide bonds. The Morgan fingerprint density at radius 3 is 3.20 bits per heavy atom. The van der Waals surface area contributed by atoms with Crippen LogP contribution in [0.3, 0.4) is 0 Å². The molecular formula is C11H20N2O2. The highest BCUT2D eigenvalue weighted by Gasteiger charge is 2.19. The Morgan fingerprint density at radius 1 is 1.73 bits per heavy atom. The summed E-state index contributed by atoms with van der Waals surface area (Å²) in [7, 11) is 0. The number of rotatable bonds is 5. The number of hydrogen-bond acceptors (Lipinski definition) is 3. The second-order valence-corrected chi connectivity index (χ2v) is 3.76. The topological polar surface area (TPSA) is 41.6 Å². The fourth-order valence-corrected chi connectivity index (χ4v) is 1.68. The summed E-state index contributed by atoms with van der Waals surface area (Å²) in [5, 5.41) is 2.78. The first-order chi connectivity index (χ1) is 7.26. The number of morpholine rings is 1. The van der Waals surface area contributed by atoms with E-state index < -0.39 is 0 Å². The second kappa shape index (κ2) is 6.58. The van der Waals surface area contributed by atoms with Gasteiger partial charge in [0.1, 0.15) is 0 Å². The Hall–Kier alpha value is -0.870. The molecule has 15 heavy (non-hydrogen) atoms. The van der Waals surface area contributed by atoms with Crippen LogP contribution in [0.5, 0.6) is 0 Å². The SMILES string of the molecule is C=CC(=O)NCN1CCOC(CCC)C1. The van der Waals surface area contributed by atoms with E-state index in [0.29, 0.717) is 12.8 Å². The maximum absolute atomic E-state index is 11.0. The van der Waals surface area contributed by atoms with Crippen molar-refractivity contribution in [1.82, 2.24) is 10.2 Å². The zero-order valence-electron chi connectivity index (χ0n) is 9.37. The molecule has 0 radical (unpaired) electrons. The minimum Gasteiger partial charge on any atom is -0.376 e. The number of nitrogens with zero attached hydrogens (tertiary/aromatic N) is 1. The Labute approximate surface area is 91.3 Å². The minimum absolute atomic E-state index is 0.117. The van der Waals surface area contributed by atoms with Gasteiger partial charge in [-0.1, -0.05) is 19.9 Å². The Kier molecular flexibility index (Phi) is 5.36. The third-order valence-electron chi connectivity index (χ3n) is 2.50. The van der Waals surface area contributed by atoms with Gasteiger partial charge in [-0.15, -0.1) is 0 Å². The summed E-state index contributed by atoms with van der Waals surface area (Å²) < 4.78 is 5.61. The van der Waals surface area contributed by atoms with Crippen LogP contribution in [0.4, 0.5) is 0 Å². The lowest BCUT2D eigenvalue weighted by atomic mass is 10.2. The first kappa shape index (κ1) is 12.2. The first-order valence-electron chi connectivity index (χ1n) is 5.50. The standard InChI is InChI=1S/C11H20N2O2/c1-3-5-10-8-13(6-7-15-10)9-12-11(14)4-2/h4,10H,2-3,5-9H2,1H3,(H,12,14). The van der Waals surface area contributed by atoms with E-state index in [2.05, 4.69) is 23.7 Å². The maximum atomic E-state index is 11.0. The number of hydrogen-bond donors (Lipinski definition) is 1. The number of ether oxygens (including phenoxy) is 1. The van der Waals surface area contributed by atoms with Crippen LogP contribution in [0.1, 0.15) is 19.8 Å². The van der Waals surface area contributed by atoms with Crippen molar-refractivity contribution in [2.75, 3.05) is 26.4 Å². The fraction of sp³-hybridized carbons (Fsp3) is 0.727. The van der Waals surface area contributed by atoms with Crippen LogP contribution >= 0.6 is 0 Å². The molecule has 1 saturated heterocycles. The lowest BCUT2D eigenvalue weighted by molar-refractivity contribution is -0.117. The zero-order chi connectivity index (χ0) is 11.1. The van der Waals surface area contributed by atoms with E-state index in [0.717, 1.165) is 32.5 Å². The molecule has 0 aromatic rings. The van der Waals surface area contributed by atoms with E-state index in [1.807, 2.05) is 0 Å². The van der Waals surface area contributed by atoms with Gasteiger partial charge in [-0.25, -0.2) is 0 Å². The lowest BCUT2D eigenvalue weighted by Gasteiger charge is -2.32. The zero-order valence-corrected chi connectivity index (χ0v) is 9.37. The maximum Gasteiger partial charge on any atom is 0.244 e. The molecule has 1 N–H and O–H groups in total. The summed E-state index contributed by atoms with van der Waals surface area (Å²) in [4.78, 5) is 13.2. The smallest absolute Gasteiger partial charge is 0.244 e. The van der Waals surface area contributed by atoms with Crippen molar-refractivity contribution in [3.05, 3.63) is 12.7 Å².